The summed E-state index contributed by atoms with van der Waals surface area (Å²) in [6.45, 7) is 3.70. The zero-order chi connectivity index (χ0) is 12.8. The zero-order valence-corrected chi connectivity index (χ0v) is 9.94. The highest BCUT2D eigenvalue weighted by molar-refractivity contribution is 5.83. The summed E-state index contributed by atoms with van der Waals surface area (Å²) >= 11 is 0. The van der Waals surface area contributed by atoms with Gasteiger partial charge in [0.15, 0.2) is 0 Å². The fourth-order valence-corrected chi connectivity index (χ4v) is 1.72. The number of nitrogens with zero attached hydrogens (tertiary/aromatic N) is 2. The lowest BCUT2D eigenvalue weighted by Gasteiger charge is -2.34. The van der Waals surface area contributed by atoms with Crippen LogP contribution in [0.5, 0.6) is 0 Å². The van der Waals surface area contributed by atoms with Gasteiger partial charge in [-0.15, -0.1) is 0 Å². The Morgan fingerprint density at radius 2 is 1.59 bits per heavy atom. The number of hydrazine groups is 1. The first-order valence-electron chi connectivity index (χ1n) is 5.57. The average Bonchev–Trinajstić information content (AvgIpc) is 2.35. The van der Waals surface area contributed by atoms with Crippen LogP contribution in [0.15, 0.2) is 0 Å². The minimum absolute atomic E-state index is 0.0274. The normalized spacial score (nSPS) is 15.6. The van der Waals surface area contributed by atoms with Gasteiger partial charge in [-0.2, -0.15) is 0 Å². The van der Waals surface area contributed by atoms with Gasteiger partial charge in [-0.1, -0.05) is 0 Å². The molecule has 0 unspecified atom stereocenters. The Labute approximate surface area is 99.9 Å². The van der Waals surface area contributed by atoms with Crippen LogP contribution in [-0.4, -0.2) is 53.7 Å². The van der Waals surface area contributed by atoms with Gasteiger partial charge in [-0.05, 0) is 0 Å². The Kier molecular flexibility index (Phi) is 4.89. The molecule has 0 aromatic heterocycles. The summed E-state index contributed by atoms with van der Waals surface area (Å²) in [4.78, 5) is 37.0. The summed E-state index contributed by atoms with van der Waals surface area (Å²) in [5.41, 5.74) is 1.98. The van der Waals surface area contributed by atoms with Crippen molar-refractivity contribution in [1.29, 1.82) is 0 Å². The molecule has 3 N–H and O–H groups in total. The van der Waals surface area contributed by atoms with E-state index >= 15 is 0 Å². The first-order chi connectivity index (χ1) is 8.04. The molecule has 1 fully saturated rings. The molecule has 0 atom stereocenters. The van der Waals surface area contributed by atoms with Crippen LogP contribution in [0.4, 0.5) is 0 Å². The lowest BCUT2D eigenvalue weighted by Crippen LogP contribution is -2.50. The van der Waals surface area contributed by atoms with E-state index in [-0.39, 0.29) is 30.6 Å². The summed E-state index contributed by atoms with van der Waals surface area (Å²) in [6, 6.07) is 0. The van der Waals surface area contributed by atoms with Crippen LogP contribution >= 0.6 is 0 Å². The summed E-state index contributed by atoms with van der Waals surface area (Å²) in [5, 5.41) is 0. The van der Waals surface area contributed by atoms with Gasteiger partial charge >= 0.3 is 0 Å². The number of piperazine rings is 1. The first kappa shape index (κ1) is 13.4. The Morgan fingerprint density at radius 1 is 1.06 bits per heavy atom. The number of amides is 3. The predicted octanol–water partition coefficient (Wildman–Crippen LogP) is -1.55. The molecule has 0 aliphatic carbocycles. The van der Waals surface area contributed by atoms with Gasteiger partial charge in [-0.3, -0.25) is 19.8 Å². The van der Waals surface area contributed by atoms with Crippen molar-refractivity contribution < 1.29 is 14.4 Å². The van der Waals surface area contributed by atoms with E-state index in [9.17, 15) is 14.4 Å². The predicted molar refractivity (Wildman–Crippen MR) is 60.4 cm³/mol. The molecule has 1 saturated heterocycles. The molecule has 0 radical (unpaired) electrons. The maximum Gasteiger partial charge on any atom is 0.234 e. The van der Waals surface area contributed by atoms with Crippen molar-refractivity contribution in [3.05, 3.63) is 0 Å². The van der Waals surface area contributed by atoms with Crippen LogP contribution in [0.3, 0.4) is 0 Å². The van der Waals surface area contributed by atoms with Gasteiger partial charge in [0.1, 0.15) is 0 Å². The quantitative estimate of drug-likeness (QED) is 0.356. The van der Waals surface area contributed by atoms with Gasteiger partial charge in [0, 0.05) is 45.9 Å². The van der Waals surface area contributed by atoms with Gasteiger partial charge in [0.05, 0.1) is 0 Å². The molecule has 0 aromatic carbocycles. The molecular formula is C10H18N4O3. The molecule has 1 rings (SSSR count). The van der Waals surface area contributed by atoms with Crippen LogP contribution in [0.1, 0.15) is 19.8 Å². The number of hydrogen-bond acceptors (Lipinski definition) is 4. The first-order valence-corrected chi connectivity index (χ1v) is 5.57. The molecule has 3 amide bonds. The van der Waals surface area contributed by atoms with Crippen molar-refractivity contribution in [1.82, 2.24) is 15.2 Å². The van der Waals surface area contributed by atoms with Gasteiger partial charge in [0.2, 0.25) is 17.7 Å². The monoisotopic (exact) mass is 242 g/mol. The molecule has 96 valence electrons. The van der Waals surface area contributed by atoms with E-state index in [1.807, 2.05) is 5.43 Å². The lowest BCUT2D eigenvalue weighted by molar-refractivity contribution is -0.139. The molecule has 0 spiro atoms. The third kappa shape index (κ3) is 4.03. The van der Waals surface area contributed by atoms with Gasteiger partial charge in [-0.25, -0.2) is 5.84 Å². The molecular weight excluding hydrogens is 224 g/mol. The highest BCUT2D eigenvalue weighted by atomic mass is 16.2. The topological polar surface area (TPSA) is 95.7 Å². The summed E-state index contributed by atoms with van der Waals surface area (Å²) in [7, 11) is 0. The van der Waals surface area contributed by atoms with Gasteiger partial charge in [0.25, 0.3) is 0 Å². The average molecular weight is 242 g/mol. The van der Waals surface area contributed by atoms with Gasteiger partial charge < -0.3 is 9.80 Å². The molecule has 7 heteroatoms. The largest absolute Gasteiger partial charge is 0.339 e. The van der Waals surface area contributed by atoms with Crippen molar-refractivity contribution in [3.63, 3.8) is 0 Å². The molecule has 17 heavy (non-hydrogen) atoms. The van der Waals surface area contributed by atoms with E-state index in [0.29, 0.717) is 26.2 Å². The number of carbonyl (C=O) groups excluding carboxylic acids is 3. The minimum atomic E-state index is -0.347. The second-order valence-electron chi connectivity index (χ2n) is 3.95. The van der Waals surface area contributed by atoms with E-state index in [2.05, 4.69) is 0 Å². The number of hydrogen-bond donors (Lipinski definition) is 2. The van der Waals surface area contributed by atoms with Crippen molar-refractivity contribution in [3.8, 4) is 0 Å². The molecule has 1 heterocycles. The Bertz CT molecular complexity index is 311. The van der Waals surface area contributed by atoms with E-state index in [1.165, 1.54) is 6.92 Å². The Hall–Kier alpha value is -1.63. The molecule has 0 saturated carbocycles. The summed E-state index contributed by atoms with van der Waals surface area (Å²) < 4.78 is 0. The van der Waals surface area contributed by atoms with Crippen molar-refractivity contribution in [2.75, 3.05) is 26.2 Å². The molecule has 1 aliphatic rings. The maximum absolute atomic E-state index is 11.7. The lowest BCUT2D eigenvalue weighted by atomic mass is 10.2. The van der Waals surface area contributed by atoms with Crippen LogP contribution < -0.4 is 11.3 Å². The highest BCUT2D eigenvalue weighted by Crippen LogP contribution is 2.05. The SMILES string of the molecule is CC(=O)N1CCN(C(=O)CCC(=O)NN)CC1. The maximum atomic E-state index is 11.7. The highest BCUT2D eigenvalue weighted by Gasteiger charge is 2.22. The zero-order valence-electron chi connectivity index (χ0n) is 9.94. The van der Waals surface area contributed by atoms with Crippen LogP contribution in [0, 0.1) is 0 Å². The fraction of sp³-hybridized carbons (Fsp3) is 0.700. The van der Waals surface area contributed by atoms with E-state index < -0.39 is 0 Å². The van der Waals surface area contributed by atoms with Crippen LogP contribution in [0.2, 0.25) is 0 Å². The van der Waals surface area contributed by atoms with Crippen molar-refractivity contribution in [2.24, 2.45) is 5.84 Å². The molecule has 7 nitrogen and oxygen atoms in total. The number of carbonyl (C=O) groups is 3. The fourth-order valence-electron chi connectivity index (χ4n) is 1.72. The second kappa shape index (κ2) is 6.19. The van der Waals surface area contributed by atoms with E-state index in [1.54, 1.807) is 9.80 Å². The number of nitrogens with two attached hydrogens (primary N) is 1. The number of rotatable bonds is 3. The minimum Gasteiger partial charge on any atom is -0.339 e. The van der Waals surface area contributed by atoms with E-state index in [0.717, 1.165) is 0 Å². The van der Waals surface area contributed by atoms with Crippen LogP contribution in [0.25, 0.3) is 0 Å². The van der Waals surface area contributed by atoms with Crippen molar-refractivity contribution in [2.45, 2.75) is 19.8 Å². The van der Waals surface area contributed by atoms with Crippen LogP contribution in [-0.2, 0) is 14.4 Å². The summed E-state index contributed by atoms with van der Waals surface area (Å²) in [5.74, 6) is 4.53. The number of nitrogens with one attached hydrogen (secondary N) is 1. The Morgan fingerprint density at radius 3 is 2.06 bits per heavy atom. The molecule has 1 aliphatic heterocycles. The standard InChI is InChI=1S/C10H18N4O3/c1-8(15)13-4-6-14(7-5-13)10(17)3-2-9(16)12-11/h2-7,11H2,1H3,(H,12,16). The Balaban J connectivity index is 2.31. The second-order valence-corrected chi connectivity index (χ2v) is 3.95. The summed E-state index contributed by atoms with van der Waals surface area (Å²) in [6.07, 6.45) is 0.255. The molecule has 0 bridgehead atoms. The smallest absolute Gasteiger partial charge is 0.234 e. The van der Waals surface area contributed by atoms with E-state index in [4.69, 9.17) is 5.84 Å². The third-order valence-corrected chi connectivity index (χ3v) is 2.80. The third-order valence-electron chi connectivity index (χ3n) is 2.80. The van der Waals surface area contributed by atoms with Crippen molar-refractivity contribution >= 4 is 17.7 Å². The molecule has 0 aromatic rings.